The third-order valence-electron chi connectivity index (χ3n) is 3.30. The molecule has 0 aromatic heterocycles. The quantitative estimate of drug-likeness (QED) is 0.864. The van der Waals surface area contributed by atoms with Gasteiger partial charge in [-0.2, -0.15) is 0 Å². The molecule has 1 aromatic carbocycles. The Morgan fingerprint density at radius 3 is 2.75 bits per heavy atom. The summed E-state index contributed by atoms with van der Waals surface area (Å²) in [5, 5.41) is 0. The summed E-state index contributed by atoms with van der Waals surface area (Å²) in [6.45, 7) is 0.0692. The molecular weight excluding hydrogens is 277 g/mol. The van der Waals surface area contributed by atoms with Crippen LogP contribution in [0.15, 0.2) is 10.5 Å². The van der Waals surface area contributed by atoms with Gasteiger partial charge in [0, 0.05) is 15.6 Å². The van der Waals surface area contributed by atoms with Gasteiger partial charge in [-0.3, -0.25) is 0 Å². The molecule has 1 saturated carbocycles. The summed E-state index contributed by atoms with van der Waals surface area (Å²) < 4.78 is 25.2. The lowest BCUT2D eigenvalue weighted by Crippen LogP contribution is -2.44. The SMILES string of the molecule is NC1(c2c(Br)cc3c(c2F)OCO3)CCC1. The Bertz CT molecular complexity index is 460. The summed E-state index contributed by atoms with van der Waals surface area (Å²) in [7, 11) is 0. The minimum atomic E-state index is -0.552. The lowest BCUT2D eigenvalue weighted by atomic mass is 9.72. The topological polar surface area (TPSA) is 44.5 Å². The van der Waals surface area contributed by atoms with Crippen LogP contribution < -0.4 is 15.2 Å². The number of nitrogens with two attached hydrogens (primary N) is 1. The molecule has 3 rings (SSSR count). The molecular formula is C11H11BrFNO2. The number of hydrogen-bond acceptors (Lipinski definition) is 3. The number of ether oxygens (including phenoxy) is 2. The van der Waals surface area contributed by atoms with Crippen molar-refractivity contribution in [3.05, 3.63) is 21.9 Å². The predicted molar refractivity (Wildman–Crippen MR) is 59.9 cm³/mol. The van der Waals surface area contributed by atoms with Crippen LogP contribution in [0.1, 0.15) is 24.8 Å². The number of benzene rings is 1. The molecule has 1 aliphatic carbocycles. The van der Waals surface area contributed by atoms with E-state index in [1.807, 2.05) is 0 Å². The zero-order valence-corrected chi connectivity index (χ0v) is 10.1. The molecule has 2 N–H and O–H groups in total. The van der Waals surface area contributed by atoms with Crippen molar-refractivity contribution in [3.63, 3.8) is 0 Å². The van der Waals surface area contributed by atoms with E-state index < -0.39 is 5.54 Å². The molecule has 3 nitrogen and oxygen atoms in total. The summed E-state index contributed by atoms with van der Waals surface area (Å²) >= 11 is 3.36. The maximum atomic E-state index is 14.2. The maximum Gasteiger partial charge on any atom is 0.231 e. The average molecular weight is 288 g/mol. The van der Waals surface area contributed by atoms with Crippen LogP contribution >= 0.6 is 15.9 Å². The monoisotopic (exact) mass is 287 g/mol. The summed E-state index contributed by atoms with van der Waals surface area (Å²) in [5.74, 6) is 0.245. The molecule has 0 radical (unpaired) electrons. The first kappa shape index (κ1) is 10.4. The molecule has 1 fully saturated rings. The first-order valence-corrected chi connectivity index (χ1v) is 5.98. The number of fused-ring (bicyclic) bond motifs is 1. The van der Waals surface area contributed by atoms with Crippen LogP contribution in [-0.2, 0) is 5.54 Å². The molecule has 0 atom stereocenters. The maximum absolute atomic E-state index is 14.2. The predicted octanol–water partition coefficient (Wildman–Crippen LogP) is 2.65. The summed E-state index contributed by atoms with van der Waals surface area (Å²) in [5.41, 5.74) is 6.12. The molecule has 0 unspecified atom stereocenters. The van der Waals surface area contributed by atoms with Crippen LogP contribution in [0.3, 0.4) is 0 Å². The van der Waals surface area contributed by atoms with Crippen molar-refractivity contribution in [3.8, 4) is 11.5 Å². The number of rotatable bonds is 1. The van der Waals surface area contributed by atoms with E-state index >= 15 is 0 Å². The average Bonchev–Trinajstić information content (AvgIpc) is 2.63. The standard InChI is InChI=1S/C11H11BrFNO2/c12-6-4-7-10(16-5-15-7)9(13)8(6)11(14)2-1-3-11/h4H,1-3,5,14H2. The Morgan fingerprint density at radius 1 is 1.38 bits per heavy atom. The second-order valence-electron chi connectivity index (χ2n) is 4.29. The van der Waals surface area contributed by atoms with Gasteiger partial charge in [0.15, 0.2) is 11.6 Å². The fourth-order valence-corrected chi connectivity index (χ4v) is 3.01. The highest BCUT2D eigenvalue weighted by Gasteiger charge is 2.40. The molecule has 2 aliphatic rings. The van der Waals surface area contributed by atoms with Gasteiger partial charge in [-0.1, -0.05) is 15.9 Å². The molecule has 1 aromatic rings. The summed E-state index contributed by atoms with van der Waals surface area (Å²) in [6.07, 6.45) is 2.65. The Morgan fingerprint density at radius 2 is 2.12 bits per heavy atom. The highest BCUT2D eigenvalue weighted by Crippen LogP contribution is 2.48. The van der Waals surface area contributed by atoms with E-state index in [1.165, 1.54) is 0 Å². The van der Waals surface area contributed by atoms with Crippen molar-refractivity contribution < 1.29 is 13.9 Å². The van der Waals surface area contributed by atoms with E-state index in [2.05, 4.69) is 15.9 Å². The van der Waals surface area contributed by atoms with Crippen molar-refractivity contribution in [1.82, 2.24) is 0 Å². The van der Waals surface area contributed by atoms with E-state index in [1.54, 1.807) is 6.07 Å². The Hall–Kier alpha value is -0.810. The molecule has 0 bridgehead atoms. The Kier molecular flexibility index (Phi) is 2.16. The van der Waals surface area contributed by atoms with Crippen LogP contribution in [0.4, 0.5) is 4.39 Å². The van der Waals surface area contributed by atoms with E-state index in [-0.39, 0.29) is 18.4 Å². The number of hydrogen-bond donors (Lipinski definition) is 1. The van der Waals surface area contributed by atoms with Gasteiger partial charge in [0.05, 0.1) is 0 Å². The van der Waals surface area contributed by atoms with Crippen LogP contribution in [-0.4, -0.2) is 6.79 Å². The smallest absolute Gasteiger partial charge is 0.231 e. The molecule has 86 valence electrons. The van der Waals surface area contributed by atoms with Crippen LogP contribution in [0.25, 0.3) is 0 Å². The van der Waals surface area contributed by atoms with Crippen LogP contribution in [0.2, 0.25) is 0 Å². The van der Waals surface area contributed by atoms with Gasteiger partial charge in [0.2, 0.25) is 12.5 Å². The van der Waals surface area contributed by atoms with Crippen molar-refractivity contribution in [1.29, 1.82) is 0 Å². The van der Waals surface area contributed by atoms with E-state index in [9.17, 15) is 4.39 Å². The summed E-state index contributed by atoms with van der Waals surface area (Å²) in [6, 6.07) is 1.73. The van der Waals surface area contributed by atoms with Gasteiger partial charge >= 0.3 is 0 Å². The fourth-order valence-electron chi connectivity index (χ4n) is 2.24. The van der Waals surface area contributed by atoms with Gasteiger partial charge in [-0.15, -0.1) is 0 Å². The van der Waals surface area contributed by atoms with Crippen molar-refractivity contribution in [2.45, 2.75) is 24.8 Å². The summed E-state index contributed by atoms with van der Waals surface area (Å²) in [4.78, 5) is 0. The third kappa shape index (κ3) is 1.28. The Balaban J connectivity index is 2.18. The number of halogens is 2. The normalized spacial score (nSPS) is 20.7. The largest absolute Gasteiger partial charge is 0.453 e. The minimum absolute atomic E-state index is 0.0692. The van der Waals surface area contributed by atoms with E-state index in [4.69, 9.17) is 15.2 Å². The molecule has 0 spiro atoms. The van der Waals surface area contributed by atoms with E-state index in [0.717, 1.165) is 19.3 Å². The van der Waals surface area contributed by atoms with Gasteiger partial charge in [0.1, 0.15) is 0 Å². The van der Waals surface area contributed by atoms with Gasteiger partial charge in [0.25, 0.3) is 0 Å². The van der Waals surface area contributed by atoms with Crippen molar-refractivity contribution in [2.24, 2.45) is 5.73 Å². The molecule has 16 heavy (non-hydrogen) atoms. The molecule has 0 amide bonds. The highest BCUT2D eigenvalue weighted by atomic mass is 79.9. The van der Waals surface area contributed by atoms with Crippen molar-refractivity contribution in [2.75, 3.05) is 6.79 Å². The first-order valence-electron chi connectivity index (χ1n) is 5.19. The van der Waals surface area contributed by atoms with Crippen LogP contribution in [0, 0.1) is 5.82 Å². The van der Waals surface area contributed by atoms with Crippen LogP contribution in [0.5, 0.6) is 11.5 Å². The lowest BCUT2D eigenvalue weighted by Gasteiger charge is -2.39. The molecule has 1 heterocycles. The second-order valence-corrected chi connectivity index (χ2v) is 5.15. The second kappa shape index (κ2) is 3.34. The minimum Gasteiger partial charge on any atom is -0.453 e. The third-order valence-corrected chi connectivity index (χ3v) is 3.93. The first-order chi connectivity index (χ1) is 7.62. The van der Waals surface area contributed by atoms with Gasteiger partial charge in [-0.05, 0) is 25.3 Å². The Labute approximate surface area is 101 Å². The molecule has 5 heteroatoms. The molecule has 1 aliphatic heterocycles. The zero-order chi connectivity index (χ0) is 11.3. The molecule has 0 saturated heterocycles. The zero-order valence-electron chi connectivity index (χ0n) is 8.56. The van der Waals surface area contributed by atoms with Gasteiger partial charge < -0.3 is 15.2 Å². The fraction of sp³-hybridized carbons (Fsp3) is 0.455. The lowest BCUT2D eigenvalue weighted by molar-refractivity contribution is 0.170. The van der Waals surface area contributed by atoms with Crippen molar-refractivity contribution >= 4 is 15.9 Å². The van der Waals surface area contributed by atoms with Gasteiger partial charge in [-0.25, -0.2) is 4.39 Å². The van der Waals surface area contributed by atoms with E-state index in [0.29, 0.717) is 15.8 Å². The highest BCUT2D eigenvalue weighted by molar-refractivity contribution is 9.10.